The highest BCUT2D eigenvalue weighted by atomic mass is 16.3. The van der Waals surface area contributed by atoms with Gasteiger partial charge in [0.2, 0.25) is 0 Å². The van der Waals surface area contributed by atoms with Gasteiger partial charge in [0.1, 0.15) is 5.76 Å². The van der Waals surface area contributed by atoms with Crippen molar-refractivity contribution in [2.24, 2.45) is 17.8 Å². The van der Waals surface area contributed by atoms with Crippen LogP contribution in [0.4, 0.5) is 0 Å². The lowest BCUT2D eigenvalue weighted by Gasteiger charge is -2.39. The van der Waals surface area contributed by atoms with Crippen molar-refractivity contribution in [3.63, 3.8) is 0 Å². The number of nitrogens with zero attached hydrogens (tertiary/aromatic N) is 1. The molecule has 20 heavy (non-hydrogen) atoms. The van der Waals surface area contributed by atoms with Gasteiger partial charge in [0.05, 0.1) is 12.8 Å². The first-order valence-electron chi connectivity index (χ1n) is 7.98. The maximum absolute atomic E-state index is 5.45. The molecule has 114 valence electrons. The third kappa shape index (κ3) is 4.10. The Kier molecular flexibility index (Phi) is 5.67. The first kappa shape index (κ1) is 15.6. The summed E-state index contributed by atoms with van der Waals surface area (Å²) >= 11 is 0. The third-order valence-electron chi connectivity index (χ3n) is 4.89. The summed E-state index contributed by atoms with van der Waals surface area (Å²) in [7, 11) is 4.31. The fourth-order valence-corrected chi connectivity index (χ4v) is 3.62. The molecule has 1 heterocycles. The lowest BCUT2D eigenvalue weighted by molar-refractivity contribution is 0.130. The molecule has 0 saturated heterocycles. The van der Waals surface area contributed by atoms with Crippen molar-refractivity contribution in [1.82, 2.24) is 10.2 Å². The zero-order valence-corrected chi connectivity index (χ0v) is 13.4. The Bertz CT molecular complexity index is 374. The summed E-state index contributed by atoms with van der Waals surface area (Å²) < 4.78 is 5.45. The molecular formula is C17H30N2O. The van der Waals surface area contributed by atoms with Crippen LogP contribution in [0.1, 0.15) is 38.9 Å². The van der Waals surface area contributed by atoms with E-state index >= 15 is 0 Å². The minimum Gasteiger partial charge on any atom is -0.468 e. The number of nitrogens with one attached hydrogen (secondary N) is 1. The van der Waals surface area contributed by atoms with E-state index in [1.165, 1.54) is 19.3 Å². The van der Waals surface area contributed by atoms with Crippen molar-refractivity contribution in [2.75, 3.05) is 20.6 Å². The number of furan rings is 1. The second-order valence-corrected chi connectivity index (χ2v) is 6.75. The van der Waals surface area contributed by atoms with Crippen molar-refractivity contribution >= 4 is 0 Å². The summed E-state index contributed by atoms with van der Waals surface area (Å²) in [6, 6.07) is 4.70. The average Bonchev–Trinajstić information content (AvgIpc) is 2.91. The van der Waals surface area contributed by atoms with Crippen molar-refractivity contribution in [1.29, 1.82) is 0 Å². The van der Waals surface area contributed by atoms with Gasteiger partial charge in [-0.1, -0.05) is 13.8 Å². The van der Waals surface area contributed by atoms with Crippen LogP contribution in [0.15, 0.2) is 22.8 Å². The number of hydrogen-bond donors (Lipinski definition) is 1. The molecule has 1 N–H and O–H groups in total. The van der Waals surface area contributed by atoms with Crippen LogP contribution in [-0.2, 0) is 6.54 Å². The second-order valence-electron chi connectivity index (χ2n) is 6.75. The van der Waals surface area contributed by atoms with Gasteiger partial charge in [-0.15, -0.1) is 0 Å². The van der Waals surface area contributed by atoms with Gasteiger partial charge < -0.3 is 9.73 Å². The molecule has 0 amide bonds. The van der Waals surface area contributed by atoms with Crippen LogP contribution in [-0.4, -0.2) is 31.6 Å². The van der Waals surface area contributed by atoms with Gasteiger partial charge in [-0.2, -0.15) is 0 Å². The van der Waals surface area contributed by atoms with E-state index in [9.17, 15) is 0 Å². The lowest BCUT2D eigenvalue weighted by atomic mass is 9.73. The van der Waals surface area contributed by atoms with E-state index in [0.29, 0.717) is 6.04 Å². The van der Waals surface area contributed by atoms with E-state index < -0.39 is 0 Å². The minimum absolute atomic E-state index is 0.670. The van der Waals surface area contributed by atoms with Gasteiger partial charge >= 0.3 is 0 Å². The van der Waals surface area contributed by atoms with Crippen molar-refractivity contribution in [3.8, 4) is 0 Å². The van der Waals surface area contributed by atoms with Gasteiger partial charge in [-0.3, -0.25) is 4.90 Å². The minimum atomic E-state index is 0.670. The highest BCUT2D eigenvalue weighted by Crippen LogP contribution is 2.34. The summed E-state index contributed by atoms with van der Waals surface area (Å²) in [5.74, 6) is 3.51. The van der Waals surface area contributed by atoms with Crippen molar-refractivity contribution in [2.45, 2.75) is 45.7 Å². The normalized spacial score (nSPS) is 27.4. The van der Waals surface area contributed by atoms with Gasteiger partial charge in [0.25, 0.3) is 0 Å². The Morgan fingerprint density at radius 1 is 1.40 bits per heavy atom. The Morgan fingerprint density at radius 2 is 2.20 bits per heavy atom. The van der Waals surface area contributed by atoms with Crippen LogP contribution < -0.4 is 5.32 Å². The maximum atomic E-state index is 5.45. The molecule has 0 aromatic carbocycles. The highest BCUT2D eigenvalue weighted by molar-refractivity contribution is 4.98. The van der Waals surface area contributed by atoms with Gasteiger partial charge in [-0.25, -0.2) is 0 Å². The molecule has 1 fully saturated rings. The van der Waals surface area contributed by atoms with Crippen molar-refractivity contribution in [3.05, 3.63) is 24.2 Å². The molecule has 3 atom stereocenters. The van der Waals surface area contributed by atoms with E-state index in [-0.39, 0.29) is 0 Å². The Morgan fingerprint density at radius 3 is 2.80 bits per heavy atom. The Balaban J connectivity index is 1.90. The summed E-state index contributed by atoms with van der Waals surface area (Å²) in [6.45, 7) is 6.80. The molecule has 0 bridgehead atoms. The molecule has 0 aliphatic heterocycles. The first-order chi connectivity index (χ1) is 9.60. The van der Waals surface area contributed by atoms with E-state index in [4.69, 9.17) is 4.42 Å². The molecule has 3 heteroatoms. The molecular weight excluding hydrogens is 248 g/mol. The smallest absolute Gasteiger partial charge is 0.117 e. The zero-order valence-electron chi connectivity index (χ0n) is 13.4. The summed E-state index contributed by atoms with van der Waals surface area (Å²) in [4.78, 5) is 2.40. The molecule has 1 aromatic rings. The third-order valence-corrected chi connectivity index (χ3v) is 4.89. The summed E-state index contributed by atoms with van der Waals surface area (Å²) in [5.41, 5.74) is 0. The van der Waals surface area contributed by atoms with Crippen LogP contribution in [0, 0.1) is 17.8 Å². The zero-order chi connectivity index (χ0) is 14.5. The molecule has 0 radical (unpaired) electrons. The summed E-state index contributed by atoms with van der Waals surface area (Å²) in [5, 5.41) is 3.53. The monoisotopic (exact) mass is 278 g/mol. The van der Waals surface area contributed by atoms with E-state index in [1.54, 1.807) is 6.26 Å². The molecule has 3 unspecified atom stereocenters. The van der Waals surface area contributed by atoms with E-state index in [2.05, 4.69) is 44.2 Å². The van der Waals surface area contributed by atoms with Crippen LogP contribution in [0.5, 0.6) is 0 Å². The van der Waals surface area contributed by atoms with Crippen molar-refractivity contribution < 1.29 is 4.42 Å². The largest absolute Gasteiger partial charge is 0.468 e. The molecule has 1 aromatic heterocycles. The maximum Gasteiger partial charge on any atom is 0.117 e. The van der Waals surface area contributed by atoms with E-state index in [0.717, 1.165) is 36.6 Å². The SMILES string of the molecule is CNC1CCC(C(C)C)CC1CN(C)Cc1ccco1. The number of rotatable bonds is 6. The van der Waals surface area contributed by atoms with Crippen LogP contribution in [0.25, 0.3) is 0 Å². The highest BCUT2D eigenvalue weighted by Gasteiger charge is 2.31. The molecule has 3 nitrogen and oxygen atoms in total. The molecule has 1 aliphatic carbocycles. The van der Waals surface area contributed by atoms with Crippen LogP contribution in [0.2, 0.25) is 0 Å². The fraction of sp³-hybridized carbons (Fsp3) is 0.765. The second kappa shape index (κ2) is 7.28. The number of hydrogen-bond acceptors (Lipinski definition) is 3. The van der Waals surface area contributed by atoms with Crippen LogP contribution in [0.3, 0.4) is 0 Å². The topological polar surface area (TPSA) is 28.4 Å². The first-order valence-corrected chi connectivity index (χ1v) is 7.98. The lowest BCUT2D eigenvalue weighted by Crippen LogP contribution is -2.44. The molecule has 2 rings (SSSR count). The predicted molar refractivity (Wildman–Crippen MR) is 83.6 cm³/mol. The van der Waals surface area contributed by atoms with Crippen LogP contribution >= 0.6 is 0 Å². The predicted octanol–water partition coefficient (Wildman–Crippen LogP) is 3.37. The molecule has 1 aliphatic rings. The van der Waals surface area contributed by atoms with E-state index in [1.807, 2.05) is 6.07 Å². The Labute approximate surface area is 123 Å². The van der Waals surface area contributed by atoms with Gasteiger partial charge in [0.15, 0.2) is 0 Å². The Hall–Kier alpha value is -0.800. The summed E-state index contributed by atoms with van der Waals surface area (Å²) in [6.07, 6.45) is 5.81. The fourth-order valence-electron chi connectivity index (χ4n) is 3.62. The molecule has 1 saturated carbocycles. The standard InChI is InChI=1S/C17H30N2O/c1-13(2)14-7-8-17(18-3)15(10-14)11-19(4)12-16-6-5-9-20-16/h5-6,9,13-15,17-18H,7-8,10-12H2,1-4H3. The van der Waals surface area contributed by atoms with Gasteiger partial charge in [-0.05, 0) is 63.2 Å². The van der Waals surface area contributed by atoms with Gasteiger partial charge in [0, 0.05) is 12.6 Å². The molecule has 0 spiro atoms. The quantitative estimate of drug-likeness (QED) is 0.865. The average molecular weight is 278 g/mol.